The smallest absolute Gasteiger partial charge is 0.237 e. The molecule has 1 aliphatic carbocycles. The lowest BCUT2D eigenvalue weighted by Gasteiger charge is -2.32. The first-order chi connectivity index (χ1) is 11.7. The van der Waals surface area contributed by atoms with Gasteiger partial charge in [0, 0.05) is 36.3 Å². The molecule has 7 nitrogen and oxygen atoms in total. The van der Waals surface area contributed by atoms with Crippen molar-refractivity contribution in [3.8, 4) is 0 Å². The minimum Gasteiger partial charge on any atom is -0.374 e. The number of likely N-dealkylation sites (N-methyl/N-ethyl adjacent to an activating group) is 1. The SMILES string of the molecule is CCC(C)(CN(C)C)OCC1CC1(C)NC(=O)C(N)Cc1cnc[nH]1. The lowest BCUT2D eigenvalue weighted by molar-refractivity contribution is -0.123. The maximum absolute atomic E-state index is 12.4. The third-order valence-electron chi connectivity index (χ3n) is 5.18. The number of H-pyrrole nitrogens is 1. The molecule has 4 unspecified atom stereocenters. The van der Waals surface area contributed by atoms with Gasteiger partial charge >= 0.3 is 0 Å². The fourth-order valence-electron chi connectivity index (χ4n) is 3.18. The lowest BCUT2D eigenvalue weighted by atomic mass is 10.0. The molecular formula is C18H33N5O2. The second-order valence-electron chi connectivity index (χ2n) is 8.05. The number of carbonyl (C=O) groups excluding carboxylic acids is 1. The Morgan fingerprint density at radius 3 is 2.92 bits per heavy atom. The fraction of sp³-hybridized carbons (Fsp3) is 0.778. The van der Waals surface area contributed by atoms with Crippen LogP contribution in [0.2, 0.25) is 0 Å². The number of amides is 1. The van der Waals surface area contributed by atoms with Gasteiger partial charge in [0.05, 0.1) is 24.6 Å². The lowest BCUT2D eigenvalue weighted by Crippen LogP contribution is -2.48. The summed E-state index contributed by atoms with van der Waals surface area (Å²) >= 11 is 0. The Morgan fingerprint density at radius 1 is 1.64 bits per heavy atom. The number of imidazole rings is 1. The maximum Gasteiger partial charge on any atom is 0.237 e. The summed E-state index contributed by atoms with van der Waals surface area (Å²) in [5.74, 6) is 0.218. The van der Waals surface area contributed by atoms with Crippen molar-refractivity contribution in [2.45, 2.75) is 57.2 Å². The van der Waals surface area contributed by atoms with Crippen molar-refractivity contribution in [2.75, 3.05) is 27.2 Å². The number of ether oxygens (including phenoxy) is 1. The third-order valence-corrected chi connectivity index (χ3v) is 5.18. The Hall–Kier alpha value is -1.44. The molecule has 1 aromatic rings. The van der Waals surface area contributed by atoms with E-state index in [-0.39, 0.29) is 17.0 Å². The second-order valence-corrected chi connectivity index (χ2v) is 8.05. The average molecular weight is 351 g/mol. The first-order valence-electron chi connectivity index (χ1n) is 9.01. The summed E-state index contributed by atoms with van der Waals surface area (Å²) in [5, 5.41) is 3.10. The van der Waals surface area contributed by atoms with Crippen LogP contribution < -0.4 is 11.1 Å². The minimum absolute atomic E-state index is 0.119. The third kappa shape index (κ3) is 5.52. The number of aromatic nitrogens is 2. The van der Waals surface area contributed by atoms with Crippen molar-refractivity contribution in [3.63, 3.8) is 0 Å². The van der Waals surface area contributed by atoms with Gasteiger partial charge in [0.1, 0.15) is 0 Å². The Bertz CT molecular complexity index is 562. The summed E-state index contributed by atoms with van der Waals surface area (Å²) in [6.07, 6.45) is 5.63. The van der Waals surface area contributed by atoms with Gasteiger partial charge in [-0.05, 0) is 40.8 Å². The van der Waals surface area contributed by atoms with Crippen LogP contribution in [0.5, 0.6) is 0 Å². The van der Waals surface area contributed by atoms with Crippen LogP contribution in [-0.2, 0) is 16.0 Å². The van der Waals surface area contributed by atoms with Crippen LogP contribution in [0.25, 0.3) is 0 Å². The topological polar surface area (TPSA) is 96.3 Å². The summed E-state index contributed by atoms with van der Waals surface area (Å²) < 4.78 is 6.20. The molecule has 1 aromatic heterocycles. The fourth-order valence-corrected chi connectivity index (χ4v) is 3.18. The van der Waals surface area contributed by atoms with Crippen molar-refractivity contribution in [3.05, 3.63) is 18.2 Å². The van der Waals surface area contributed by atoms with E-state index in [9.17, 15) is 4.79 Å². The normalized spacial score (nSPS) is 26.3. The molecule has 142 valence electrons. The molecule has 7 heteroatoms. The van der Waals surface area contributed by atoms with E-state index >= 15 is 0 Å². The zero-order valence-electron chi connectivity index (χ0n) is 16.1. The zero-order valence-corrected chi connectivity index (χ0v) is 16.1. The van der Waals surface area contributed by atoms with Crippen LogP contribution >= 0.6 is 0 Å². The summed E-state index contributed by atoms with van der Waals surface area (Å²) in [6, 6.07) is -0.575. The van der Waals surface area contributed by atoms with Crippen LogP contribution in [0.3, 0.4) is 0 Å². The number of aromatic amines is 1. The van der Waals surface area contributed by atoms with Crippen LogP contribution in [0, 0.1) is 5.92 Å². The molecule has 25 heavy (non-hydrogen) atoms. The highest BCUT2D eigenvalue weighted by Crippen LogP contribution is 2.44. The molecule has 1 amide bonds. The average Bonchev–Trinajstić information content (AvgIpc) is 2.93. The summed E-state index contributed by atoms with van der Waals surface area (Å²) in [6.45, 7) is 7.90. The first kappa shape index (κ1) is 19.9. The van der Waals surface area contributed by atoms with Gasteiger partial charge in [0.25, 0.3) is 0 Å². The maximum atomic E-state index is 12.4. The highest BCUT2D eigenvalue weighted by molar-refractivity contribution is 5.82. The largest absolute Gasteiger partial charge is 0.374 e. The molecule has 1 aliphatic rings. The number of rotatable bonds is 10. The van der Waals surface area contributed by atoms with Crippen LogP contribution in [0.1, 0.15) is 39.3 Å². The van der Waals surface area contributed by atoms with Gasteiger partial charge < -0.3 is 25.7 Å². The number of hydrogen-bond donors (Lipinski definition) is 3. The molecule has 4 atom stereocenters. The Labute approximate surface area is 150 Å². The molecule has 0 radical (unpaired) electrons. The van der Waals surface area contributed by atoms with Crippen molar-refractivity contribution in [2.24, 2.45) is 11.7 Å². The molecule has 0 spiro atoms. The van der Waals surface area contributed by atoms with Crippen LogP contribution in [-0.4, -0.2) is 65.2 Å². The van der Waals surface area contributed by atoms with Crippen molar-refractivity contribution >= 4 is 5.91 Å². The van der Waals surface area contributed by atoms with Gasteiger partial charge in [-0.1, -0.05) is 6.92 Å². The molecule has 1 heterocycles. The molecule has 0 aromatic carbocycles. The first-order valence-corrected chi connectivity index (χ1v) is 9.01. The van der Waals surface area contributed by atoms with E-state index in [0.29, 0.717) is 18.9 Å². The number of nitrogens with zero attached hydrogens (tertiary/aromatic N) is 2. The van der Waals surface area contributed by atoms with Crippen molar-refractivity contribution in [1.82, 2.24) is 20.2 Å². The predicted molar refractivity (Wildman–Crippen MR) is 98.1 cm³/mol. The van der Waals surface area contributed by atoms with E-state index in [1.54, 1.807) is 12.5 Å². The standard InChI is InChI=1S/C18H33N5O2/c1-6-17(2,11-23(4)5)25-10-13-8-18(13,3)22-16(24)15(19)7-14-9-20-12-21-14/h9,12-13,15H,6-8,10-11,19H2,1-5H3,(H,20,21)(H,22,24). The van der Waals surface area contributed by atoms with Gasteiger partial charge in [-0.25, -0.2) is 4.98 Å². The molecule has 1 fully saturated rings. The van der Waals surface area contributed by atoms with E-state index in [2.05, 4.69) is 55.1 Å². The van der Waals surface area contributed by atoms with Gasteiger partial charge in [-0.3, -0.25) is 4.79 Å². The van der Waals surface area contributed by atoms with Gasteiger partial charge in [0.2, 0.25) is 5.91 Å². The Kier molecular flexibility index (Phi) is 6.24. The number of carbonyl (C=O) groups is 1. The highest BCUT2D eigenvalue weighted by atomic mass is 16.5. The molecular weight excluding hydrogens is 318 g/mol. The van der Waals surface area contributed by atoms with E-state index < -0.39 is 6.04 Å². The van der Waals surface area contributed by atoms with Crippen LogP contribution in [0.4, 0.5) is 0 Å². The second kappa shape index (κ2) is 7.85. The predicted octanol–water partition coefficient (Wildman–Crippen LogP) is 0.921. The Balaban J connectivity index is 1.79. The number of nitrogens with two attached hydrogens (primary N) is 1. The number of hydrogen-bond acceptors (Lipinski definition) is 5. The van der Waals surface area contributed by atoms with E-state index in [1.807, 2.05) is 0 Å². The van der Waals surface area contributed by atoms with E-state index in [1.165, 1.54) is 0 Å². The van der Waals surface area contributed by atoms with Gasteiger partial charge in [-0.2, -0.15) is 0 Å². The molecule has 1 saturated carbocycles. The zero-order chi connectivity index (χ0) is 18.7. The van der Waals surface area contributed by atoms with E-state index in [4.69, 9.17) is 10.5 Å². The molecule has 0 saturated heterocycles. The Morgan fingerprint density at radius 2 is 2.36 bits per heavy atom. The van der Waals surface area contributed by atoms with E-state index in [0.717, 1.165) is 25.1 Å². The molecule has 4 N–H and O–H groups in total. The highest BCUT2D eigenvalue weighted by Gasteiger charge is 2.52. The summed E-state index contributed by atoms with van der Waals surface area (Å²) in [4.78, 5) is 21.4. The van der Waals surface area contributed by atoms with Gasteiger partial charge in [-0.15, -0.1) is 0 Å². The minimum atomic E-state index is -0.575. The molecule has 2 rings (SSSR count). The summed E-state index contributed by atoms with van der Waals surface area (Å²) in [5.41, 5.74) is 6.51. The molecule has 0 aliphatic heterocycles. The molecule has 0 bridgehead atoms. The van der Waals surface area contributed by atoms with Crippen molar-refractivity contribution in [1.29, 1.82) is 0 Å². The van der Waals surface area contributed by atoms with Gasteiger partial charge in [0.15, 0.2) is 0 Å². The van der Waals surface area contributed by atoms with Crippen molar-refractivity contribution < 1.29 is 9.53 Å². The number of nitrogens with one attached hydrogen (secondary N) is 2. The quantitative estimate of drug-likeness (QED) is 0.582. The monoisotopic (exact) mass is 351 g/mol. The summed E-state index contributed by atoms with van der Waals surface area (Å²) in [7, 11) is 4.11. The van der Waals surface area contributed by atoms with Crippen LogP contribution in [0.15, 0.2) is 12.5 Å².